The monoisotopic (exact) mass is 256 g/mol. The zero-order chi connectivity index (χ0) is 13.6. The second-order valence-electron chi connectivity index (χ2n) is 6.66. The molecule has 108 valence electrons. The van der Waals surface area contributed by atoms with Crippen molar-refractivity contribution in [2.24, 2.45) is 11.3 Å². The van der Waals surface area contributed by atoms with Crippen molar-refractivity contribution in [3.05, 3.63) is 0 Å². The highest BCUT2D eigenvalue weighted by atomic mass is 16.5. The number of hydrogen-bond donors (Lipinski definition) is 1. The van der Waals surface area contributed by atoms with Gasteiger partial charge < -0.3 is 10.1 Å². The Bertz CT molecular complexity index is 225. The fourth-order valence-corrected chi connectivity index (χ4v) is 2.76. The van der Waals surface area contributed by atoms with Gasteiger partial charge in [0.15, 0.2) is 0 Å². The standard InChI is InChI=1S/C15H32N2O/c1-6-8-16-10-14(12-18-5)17-9-7-13(11-17)15(2,3)4/h13-14,16H,6-12H2,1-5H3. The van der Waals surface area contributed by atoms with Crippen LogP contribution in [-0.4, -0.2) is 50.8 Å². The summed E-state index contributed by atoms with van der Waals surface area (Å²) in [6, 6.07) is 0.536. The van der Waals surface area contributed by atoms with E-state index in [-0.39, 0.29) is 0 Å². The van der Waals surface area contributed by atoms with E-state index >= 15 is 0 Å². The van der Waals surface area contributed by atoms with Crippen LogP contribution < -0.4 is 5.32 Å². The molecule has 0 aromatic heterocycles. The third-order valence-electron chi connectivity index (χ3n) is 4.13. The van der Waals surface area contributed by atoms with Gasteiger partial charge in [-0.05, 0) is 37.3 Å². The highest BCUT2D eigenvalue weighted by Gasteiger charge is 2.34. The van der Waals surface area contributed by atoms with Crippen LogP contribution in [0, 0.1) is 11.3 Å². The number of nitrogens with zero attached hydrogens (tertiary/aromatic N) is 1. The van der Waals surface area contributed by atoms with Gasteiger partial charge in [-0.2, -0.15) is 0 Å². The maximum Gasteiger partial charge on any atom is 0.0630 e. The molecule has 2 atom stereocenters. The van der Waals surface area contributed by atoms with E-state index in [4.69, 9.17) is 4.74 Å². The summed E-state index contributed by atoms with van der Waals surface area (Å²) in [7, 11) is 1.81. The molecule has 1 aliphatic heterocycles. The minimum absolute atomic E-state index is 0.434. The van der Waals surface area contributed by atoms with Crippen molar-refractivity contribution in [2.45, 2.75) is 46.6 Å². The van der Waals surface area contributed by atoms with Gasteiger partial charge in [0.1, 0.15) is 0 Å². The Morgan fingerprint density at radius 3 is 2.61 bits per heavy atom. The zero-order valence-corrected chi connectivity index (χ0v) is 13.0. The average Bonchev–Trinajstić information content (AvgIpc) is 2.77. The predicted molar refractivity (Wildman–Crippen MR) is 78.0 cm³/mol. The Kier molecular flexibility index (Phi) is 6.61. The first-order valence-electron chi connectivity index (χ1n) is 7.42. The molecule has 0 aliphatic carbocycles. The molecular weight excluding hydrogens is 224 g/mol. The van der Waals surface area contributed by atoms with Crippen LogP contribution in [0.1, 0.15) is 40.5 Å². The van der Waals surface area contributed by atoms with E-state index < -0.39 is 0 Å². The Labute approximate surface area is 113 Å². The van der Waals surface area contributed by atoms with Crippen LogP contribution in [0.25, 0.3) is 0 Å². The smallest absolute Gasteiger partial charge is 0.0630 e. The van der Waals surface area contributed by atoms with Crippen LogP contribution in [0.3, 0.4) is 0 Å². The van der Waals surface area contributed by atoms with E-state index in [1.54, 1.807) is 0 Å². The van der Waals surface area contributed by atoms with Crippen molar-refractivity contribution in [3.8, 4) is 0 Å². The number of nitrogens with one attached hydrogen (secondary N) is 1. The minimum atomic E-state index is 0.434. The molecule has 1 fully saturated rings. The third kappa shape index (κ3) is 4.87. The lowest BCUT2D eigenvalue weighted by Gasteiger charge is -2.30. The third-order valence-corrected chi connectivity index (χ3v) is 4.13. The van der Waals surface area contributed by atoms with E-state index in [1.807, 2.05) is 7.11 Å². The van der Waals surface area contributed by atoms with Crippen molar-refractivity contribution in [3.63, 3.8) is 0 Å². The van der Waals surface area contributed by atoms with Crippen LogP contribution >= 0.6 is 0 Å². The quantitative estimate of drug-likeness (QED) is 0.708. The second-order valence-corrected chi connectivity index (χ2v) is 6.66. The van der Waals surface area contributed by atoms with Gasteiger partial charge in [0, 0.05) is 26.2 Å². The molecule has 0 aromatic carbocycles. The Morgan fingerprint density at radius 1 is 1.39 bits per heavy atom. The Morgan fingerprint density at radius 2 is 2.11 bits per heavy atom. The van der Waals surface area contributed by atoms with E-state index in [9.17, 15) is 0 Å². The molecule has 1 saturated heterocycles. The molecule has 0 saturated carbocycles. The predicted octanol–water partition coefficient (Wildman–Crippen LogP) is 2.37. The van der Waals surface area contributed by atoms with Crippen molar-refractivity contribution in [1.29, 1.82) is 0 Å². The van der Waals surface area contributed by atoms with Gasteiger partial charge in [0.25, 0.3) is 0 Å². The van der Waals surface area contributed by atoms with Crippen LogP contribution in [0.5, 0.6) is 0 Å². The molecular formula is C15H32N2O. The summed E-state index contributed by atoms with van der Waals surface area (Å²) in [4.78, 5) is 2.61. The van der Waals surface area contributed by atoms with E-state index in [1.165, 1.54) is 25.9 Å². The van der Waals surface area contributed by atoms with E-state index in [2.05, 4.69) is 37.9 Å². The molecule has 0 aromatic rings. The topological polar surface area (TPSA) is 24.5 Å². The van der Waals surface area contributed by atoms with Crippen LogP contribution in [0.15, 0.2) is 0 Å². The van der Waals surface area contributed by atoms with Gasteiger partial charge in [-0.1, -0.05) is 27.7 Å². The molecule has 0 radical (unpaired) electrons. The molecule has 1 rings (SSSR count). The van der Waals surface area contributed by atoms with Crippen molar-refractivity contribution >= 4 is 0 Å². The summed E-state index contributed by atoms with van der Waals surface area (Å²) in [6.07, 6.45) is 2.53. The lowest BCUT2D eigenvalue weighted by molar-refractivity contribution is 0.0966. The Hall–Kier alpha value is -0.120. The first-order chi connectivity index (χ1) is 8.49. The van der Waals surface area contributed by atoms with Gasteiger partial charge in [-0.3, -0.25) is 4.90 Å². The lowest BCUT2D eigenvalue weighted by atomic mass is 9.80. The number of methoxy groups -OCH3 is 1. The second kappa shape index (κ2) is 7.46. The highest BCUT2D eigenvalue weighted by molar-refractivity contribution is 4.87. The summed E-state index contributed by atoms with van der Waals surface area (Å²) in [5.41, 5.74) is 0.434. The Balaban J connectivity index is 2.44. The molecule has 2 unspecified atom stereocenters. The lowest BCUT2D eigenvalue weighted by Crippen LogP contribution is -2.44. The molecule has 18 heavy (non-hydrogen) atoms. The summed E-state index contributed by atoms with van der Waals surface area (Å²) in [6.45, 7) is 14.8. The first kappa shape index (κ1) is 15.9. The van der Waals surface area contributed by atoms with Crippen molar-refractivity contribution < 1.29 is 4.74 Å². The van der Waals surface area contributed by atoms with E-state index in [0.29, 0.717) is 11.5 Å². The average molecular weight is 256 g/mol. The fraction of sp³-hybridized carbons (Fsp3) is 1.00. The summed E-state index contributed by atoms with van der Waals surface area (Å²) in [5, 5.41) is 3.53. The number of ether oxygens (including phenoxy) is 1. The van der Waals surface area contributed by atoms with Gasteiger partial charge in [0.05, 0.1) is 6.61 Å². The maximum atomic E-state index is 5.39. The van der Waals surface area contributed by atoms with Crippen molar-refractivity contribution in [2.75, 3.05) is 39.9 Å². The SMILES string of the molecule is CCCNCC(COC)N1CCC(C(C)(C)C)C1. The fourth-order valence-electron chi connectivity index (χ4n) is 2.76. The molecule has 3 heteroatoms. The maximum absolute atomic E-state index is 5.39. The van der Waals surface area contributed by atoms with Gasteiger partial charge >= 0.3 is 0 Å². The molecule has 1 N–H and O–H groups in total. The zero-order valence-electron chi connectivity index (χ0n) is 13.0. The summed E-state index contributed by atoms with van der Waals surface area (Å²) in [5.74, 6) is 0.822. The first-order valence-corrected chi connectivity index (χ1v) is 7.42. The molecule has 1 heterocycles. The van der Waals surface area contributed by atoms with E-state index in [0.717, 1.165) is 25.6 Å². The molecule has 0 amide bonds. The van der Waals surface area contributed by atoms with Crippen LogP contribution in [0.2, 0.25) is 0 Å². The number of hydrogen-bond acceptors (Lipinski definition) is 3. The molecule has 0 bridgehead atoms. The van der Waals surface area contributed by atoms with Gasteiger partial charge in [0.2, 0.25) is 0 Å². The van der Waals surface area contributed by atoms with Crippen LogP contribution in [-0.2, 0) is 4.74 Å². The molecule has 0 spiro atoms. The largest absolute Gasteiger partial charge is 0.383 e. The normalized spacial score (nSPS) is 23.5. The van der Waals surface area contributed by atoms with Gasteiger partial charge in [-0.15, -0.1) is 0 Å². The molecule has 1 aliphatic rings. The van der Waals surface area contributed by atoms with Crippen molar-refractivity contribution in [1.82, 2.24) is 10.2 Å². The highest BCUT2D eigenvalue weighted by Crippen LogP contribution is 2.34. The number of likely N-dealkylation sites (tertiary alicyclic amines) is 1. The molecule has 3 nitrogen and oxygen atoms in total. The van der Waals surface area contributed by atoms with Gasteiger partial charge in [-0.25, -0.2) is 0 Å². The summed E-state index contributed by atoms with van der Waals surface area (Å²) < 4.78 is 5.39. The van der Waals surface area contributed by atoms with Crippen LogP contribution in [0.4, 0.5) is 0 Å². The number of rotatable bonds is 7. The minimum Gasteiger partial charge on any atom is -0.383 e. The summed E-state index contributed by atoms with van der Waals surface area (Å²) >= 11 is 0.